The van der Waals surface area contributed by atoms with Gasteiger partial charge in [0.05, 0.1) is 23.2 Å². The lowest BCUT2D eigenvalue weighted by Gasteiger charge is -2.34. The molecule has 0 aromatic heterocycles. The summed E-state index contributed by atoms with van der Waals surface area (Å²) in [6, 6.07) is 5.44. The molecule has 1 aromatic rings. The lowest BCUT2D eigenvalue weighted by atomic mass is 9.73. The van der Waals surface area contributed by atoms with E-state index in [0.717, 1.165) is 36.6 Å². The quantitative estimate of drug-likeness (QED) is 0.794. The molecule has 0 unspecified atom stereocenters. The van der Waals surface area contributed by atoms with Crippen molar-refractivity contribution < 1.29 is 9.53 Å². The maximum absolute atomic E-state index is 12.7. The van der Waals surface area contributed by atoms with Crippen LogP contribution in [0.2, 0.25) is 0 Å². The number of nitrogens with two attached hydrogens (primary N) is 1. The fourth-order valence-electron chi connectivity index (χ4n) is 2.71. The van der Waals surface area contributed by atoms with Gasteiger partial charge in [0.25, 0.3) is 0 Å². The number of amides is 1. The molecule has 4 nitrogen and oxygen atoms in total. The second kappa shape index (κ2) is 6.75. The highest BCUT2D eigenvalue weighted by Gasteiger charge is 2.42. The van der Waals surface area contributed by atoms with Gasteiger partial charge in [-0.15, -0.1) is 0 Å². The molecule has 0 saturated heterocycles. The van der Waals surface area contributed by atoms with Crippen molar-refractivity contribution in [2.75, 3.05) is 12.4 Å². The third kappa shape index (κ3) is 3.37. The molecule has 3 N–H and O–H groups in total. The van der Waals surface area contributed by atoms with Gasteiger partial charge >= 0.3 is 0 Å². The summed E-state index contributed by atoms with van der Waals surface area (Å²) in [6.45, 7) is 0. The number of nitrogens with one attached hydrogen (secondary N) is 1. The van der Waals surface area contributed by atoms with Crippen LogP contribution in [0, 0.1) is 5.41 Å². The number of rotatable bonds is 4. The SMILES string of the molecule is COc1ccc(Br)c(NC(=O)C2(C(N)=S)CCCCC2)c1. The first-order valence-electron chi connectivity index (χ1n) is 6.94. The second-order valence-electron chi connectivity index (χ2n) is 5.31. The van der Waals surface area contributed by atoms with Crippen molar-refractivity contribution in [1.82, 2.24) is 0 Å². The molecule has 1 aliphatic carbocycles. The first kappa shape index (κ1) is 16.2. The summed E-state index contributed by atoms with van der Waals surface area (Å²) in [5, 5.41) is 2.94. The molecule has 0 spiro atoms. The molecule has 0 atom stereocenters. The standard InChI is InChI=1S/C15H19BrN2O2S/c1-20-10-5-6-11(16)12(9-10)18-14(19)15(13(17)21)7-3-2-4-8-15/h5-6,9H,2-4,7-8H2,1H3,(H2,17,21)(H,18,19). The van der Waals surface area contributed by atoms with E-state index in [1.807, 2.05) is 12.1 Å². The normalized spacial score (nSPS) is 17.0. The minimum atomic E-state index is -0.726. The predicted molar refractivity (Wildman–Crippen MR) is 91.6 cm³/mol. The molecular formula is C15H19BrN2O2S. The topological polar surface area (TPSA) is 64.3 Å². The second-order valence-corrected chi connectivity index (χ2v) is 6.60. The lowest BCUT2D eigenvalue weighted by molar-refractivity contribution is -0.123. The van der Waals surface area contributed by atoms with Crippen LogP contribution in [0.1, 0.15) is 32.1 Å². The number of hydrogen-bond donors (Lipinski definition) is 2. The third-order valence-electron chi connectivity index (χ3n) is 4.04. The lowest BCUT2D eigenvalue weighted by Crippen LogP contribution is -2.47. The van der Waals surface area contributed by atoms with Gasteiger partial charge in [0.15, 0.2) is 0 Å². The van der Waals surface area contributed by atoms with Crippen molar-refractivity contribution in [2.24, 2.45) is 11.1 Å². The van der Waals surface area contributed by atoms with Crippen LogP contribution in [-0.2, 0) is 4.79 Å². The van der Waals surface area contributed by atoms with Crippen LogP contribution in [0.5, 0.6) is 5.75 Å². The molecule has 21 heavy (non-hydrogen) atoms. The number of methoxy groups -OCH3 is 1. The first-order chi connectivity index (χ1) is 9.99. The van der Waals surface area contributed by atoms with Crippen molar-refractivity contribution in [3.8, 4) is 5.75 Å². The number of ether oxygens (including phenoxy) is 1. The van der Waals surface area contributed by atoms with Gasteiger partial charge in [-0.25, -0.2) is 0 Å². The highest BCUT2D eigenvalue weighted by Crippen LogP contribution is 2.38. The van der Waals surface area contributed by atoms with Crippen molar-refractivity contribution in [1.29, 1.82) is 0 Å². The number of hydrogen-bond acceptors (Lipinski definition) is 3. The van der Waals surface area contributed by atoms with Gasteiger partial charge in [-0.05, 0) is 40.9 Å². The summed E-state index contributed by atoms with van der Waals surface area (Å²) < 4.78 is 5.98. The Hall–Kier alpha value is -1.14. The van der Waals surface area contributed by atoms with Gasteiger partial charge in [0.2, 0.25) is 5.91 Å². The minimum Gasteiger partial charge on any atom is -0.497 e. The number of carbonyl (C=O) groups is 1. The van der Waals surface area contributed by atoms with Gasteiger partial charge in [-0.3, -0.25) is 4.79 Å². The molecular weight excluding hydrogens is 352 g/mol. The van der Waals surface area contributed by atoms with Gasteiger partial charge in [0, 0.05) is 10.5 Å². The van der Waals surface area contributed by atoms with Gasteiger partial charge in [-0.2, -0.15) is 0 Å². The molecule has 1 aromatic carbocycles. The van der Waals surface area contributed by atoms with E-state index in [1.54, 1.807) is 13.2 Å². The highest BCUT2D eigenvalue weighted by molar-refractivity contribution is 9.10. The fourth-order valence-corrected chi connectivity index (χ4v) is 3.35. The van der Waals surface area contributed by atoms with Crippen LogP contribution < -0.4 is 15.8 Å². The Morgan fingerprint density at radius 1 is 1.38 bits per heavy atom. The van der Waals surface area contributed by atoms with Crippen LogP contribution in [0.3, 0.4) is 0 Å². The van der Waals surface area contributed by atoms with E-state index in [0.29, 0.717) is 16.4 Å². The molecule has 1 fully saturated rings. The minimum absolute atomic E-state index is 0.122. The smallest absolute Gasteiger partial charge is 0.237 e. The van der Waals surface area contributed by atoms with Crippen LogP contribution in [-0.4, -0.2) is 18.0 Å². The maximum Gasteiger partial charge on any atom is 0.237 e. The monoisotopic (exact) mass is 370 g/mol. The molecule has 1 saturated carbocycles. The number of thiocarbonyl (C=S) groups is 1. The van der Waals surface area contributed by atoms with Crippen LogP contribution in [0.15, 0.2) is 22.7 Å². The largest absolute Gasteiger partial charge is 0.497 e. The Balaban J connectivity index is 2.25. The van der Waals surface area contributed by atoms with Crippen molar-refractivity contribution in [3.63, 3.8) is 0 Å². The highest BCUT2D eigenvalue weighted by atomic mass is 79.9. The van der Waals surface area contributed by atoms with E-state index in [-0.39, 0.29) is 5.91 Å². The third-order valence-corrected chi connectivity index (χ3v) is 5.12. The van der Waals surface area contributed by atoms with Crippen LogP contribution in [0.25, 0.3) is 0 Å². The summed E-state index contributed by atoms with van der Waals surface area (Å²) in [5.41, 5.74) is 5.83. The Labute approximate surface area is 138 Å². The zero-order valence-corrected chi connectivity index (χ0v) is 14.4. The van der Waals surface area contributed by atoms with Gasteiger partial charge in [0.1, 0.15) is 5.75 Å². The molecule has 0 heterocycles. The molecule has 114 valence electrons. The van der Waals surface area contributed by atoms with Crippen molar-refractivity contribution in [3.05, 3.63) is 22.7 Å². The summed E-state index contributed by atoms with van der Waals surface area (Å²) in [5.74, 6) is 0.560. The molecule has 6 heteroatoms. The summed E-state index contributed by atoms with van der Waals surface area (Å²) in [6.07, 6.45) is 4.51. The van der Waals surface area contributed by atoms with E-state index in [4.69, 9.17) is 22.7 Å². The molecule has 0 aliphatic heterocycles. The fraction of sp³-hybridized carbons (Fsp3) is 0.467. The van der Waals surface area contributed by atoms with E-state index in [1.165, 1.54) is 0 Å². The van der Waals surface area contributed by atoms with Gasteiger partial charge in [-0.1, -0.05) is 31.5 Å². The summed E-state index contributed by atoms with van der Waals surface area (Å²) in [7, 11) is 1.59. The first-order valence-corrected chi connectivity index (χ1v) is 8.14. The Kier molecular flexibility index (Phi) is 5.22. The number of benzene rings is 1. The number of halogens is 1. The van der Waals surface area contributed by atoms with Crippen LogP contribution in [0.4, 0.5) is 5.69 Å². The number of carbonyl (C=O) groups excluding carboxylic acids is 1. The van der Waals surface area contributed by atoms with E-state index < -0.39 is 5.41 Å². The molecule has 0 bridgehead atoms. The van der Waals surface area contributed by atoms with E-state index in [9.17, 15) is 4.79 Å². The average molecular weight is 371 g/mol. The maximum atomic E-state index is 12.7. The molecule has 1 aliphatic rings. The number of anilines is 1. The molecule has 0 radical (unpaired) electrons. The molecule has 2 rings (SSSR count). The van der Waals surface area contributed by atoms with E-state index >= 15 is 0 Å². The summed E-state index contributed by atoms with van der Waals surface area (Å²) in [4.78, 5) is 13.0. The zero-order chi connectivity index (χ0) is 15.5. The Morgan fingerprint density at radius 3 is 2.62 bits per heavy atom. The van der Waals surface area contributed by atoms with E-state index in [2.05, 4.69) is 21.2 Å². The van der Waals surface area contributed by atoms with Crippen LogP contribution >= 0.6 is 28.1 Å². The summed E-state index contributed by atoms with van der Waals surface area (Å²) >= 11 is 8.61. The molecule has 1 amide bonds. The predicted octanol–water partition coefficient (Wildman–Crippen LogP) is 3.63. The Morgan fingerprint density at radius 2 is 2.05 bits per heavy atom. The Bertz CT molecular complexity index is 557. The van der Waals surface area contributed by atoms with Gasteiger partial charge < -0.3 is 15.8 Å². The van der Waals surface area contributed by atoms with Crippen molar-refractivity contribution in [2.45, 2.75) is 32.1 Å². The average Bonchev–Trinajstić information content (AvgIpc) is 2.49. The zero-order valence-electron chi connectivity index (χ0n) is 11.9. The van der Waals surface area contributed by atoms with Crippen molar-refractivity contribution >= 4 is 44.7 Å².